The van der Waals surface area contributed by atoms with Crippen LogP contribution in [0.3, 0.4) is 0 Å². The third-order valence-electron chi connectivity index (χ3n) is 14.2. The predicted molar refractivity (Wildman–Crippen MR) is 430 cm³/mol. The summed E-state index contributed by atoms with van der Waals surface area (Å²) < 4.78 is 87.8. The molecule has 107 heavy (non-hydrogen) atoms. The molecule has 0 aliphatic carbocycles. The minimum atomic E-state index is -2.89. The Labute approximate surface area is 641 Å². The van der Waals surface area contributed by atoms with E-state index in [2.05, 4.69) is 231 Å². The molecule has 8 rings (SSSR count). The number of hydrogen-bond acceptors (Lipinski definition) is 14. The van der Waals surface area contributed by atoms with E-state index in [0.29, 0.717) is 46.7 Å². The second-order valence-corrected chi connectivity index (χ2v) is 37.7. The van der Waals surface area contributed by atoms with Gasteiger partial charge in [0.05, 0.1) is 20.3 Å². The van der Waals surface area contributed by atoms with Crippen LogP contribution in [-0.4, -0.2) is 75.5 Å². The van der Waals surface area contributed by atoms with Gasteiger partial charge in [-0.25, -0.2) is 19.9 Å². The van der Waals surface area contributed by atoms with Crippen LogP contribution in [0.2, 0.25) is 0 Å². The van der Waals surface area contributed by atoms with Gasteiger partial charge in [-0.05, 0) is 162 Å². The summed E-state index contributed by atoms with van der Waals surface area (Å²) in [6, 6.07) is 21.2. The third kappa shape index (κ3) is 49.1. The molecule has 0 spiro atoms. The van der Waals surface area contributed by atoms with Gasteiger partial charge in [0.25, 0.3) is 17.8 Å². The average molecular weight is 1490 g/mol. The number of rotatable bonds is 13. The van der Waals surface area contributed by atoms with Crippen molar-refractivity contribution in [2.75, 3.05) is 14.2 Å². The normalized spacial score (nSPS) is 12.8. The van der Waals surface area contributed by atoms with Crippen molar-refractivity contribution in [3.05, 3.63) is 178 Å². The third-order valence-corrected chi connectivity index (χ3v) is 14.2. The lowest BCUT2D eigenvalue weighted by Gasteiger charge is -2.18. The zero-order valence-electron chi connectivity index (χ0n) is 71.6. The number of alkyl halides is 6. The van der Waals surface area contributed by atoms with Crippen molar-refractivity contribution in [2.45, 2.75) is 290 Å². The van der Waals surface area contributed by atoms with Gasteiger partial charge in [0, 0.05) is 112 Å². The number of aryl methyl sites for hydroxylation is 3. The van der Waals surface area contributed by atoms with Crippen LogP contribution in [0.15, 0.2) is 114 Å². The lowest BCUT2D eigenvalue weighted by molar-refractivity contribution is 0.0117. The topological polar surface area (TPSA) is 172 Å². The number of halogens is 6. The molecule has 1 aliphatic rings. The zero-order valence-corrected chi connectivity index (χ0v) is 71.6. The Hall–Kier alpha value is -7.64. The van der Waals surface area contributed by atoms with Gasteiger partial charge < -0.3 is 9.47 Å². The summed E-state index contributed by atoms with van der Waals surface area (Å²) in [5.74, 6) is -5.35. The smallest absolute Gasteiger partial charge is 0.287 e. The predicted octanol–water partition coefficient (Wildman–Crippen LogP) is 23.8. The molecule has 0 N–H and O–H groups in total. The lowest BCUT2D eigenvalue weighted by atomic mass is 9.88. The Balaban J connectivity index is 0.000000613. The van der Waals surface area contributed by atoms with Crippen LogP contribution >= 0.6 is 0 Å². The van der Waals surface area contributed by atoms with Gasteiger partial charge >= 0.3 is 0 Å². The van der Waals surface area contributed by atoms with E-state index in [1.54, 1.807) is 38.5 Å². The number of ether oxygens (including phenoxy) is 2. The van der Waals surface area contributed by atoms with Crippen molar-refractivity contribution in [1.29, 1.82) is 0 Å². The van der Waals surface area contributed by atoms with Crippen molar-refractivity contribution < 1.29 is 35.8 Å². The molecular formula is C87H134F6N12O2. The molecule has 0 radical (unpaired) electrons. The van der Waals surface area contributed by atoms with Crippen LogP contribution in [-0.2, 0) is 62.7 Å². The molecule has 7 aromatic rings. The largest absolute Gasteiger partial charge is 0.481 e. The van der Waals surface area contributed by atoms with Gasteiger partial charge in [-0.1, -0.05) is 190 Å². The van der Waals surface area contributed by atoms with E-state index < -0.39 is 17.8 Å². The van der Waals surface area contributed by atoms with Gasteiger partial charge in [0.15, 0.2) is 0 Å². The fraction of sp³-hybridized carbons (Fsp3) is 0.609. The molecule has 0 fully saturated rings. The van der Waals surface area contributed by atoms with Gasteiger partial charge in [-0.2, -0.15) is 46.5 Å². The molecule has 0 bridgehead atoms. The molecule has 8 heterocycles. The molecule has 0 saturated heterocycles. The zero-order chi connectivity index (χ0) is 82.6. The summed E-state index contributed by atoms with van der Waals surface area (Å²) in [6.07, 6.45) is 16.6. The minimum Gasteiger partial charge on any atom is -0.481 e. The maximum atomic E-state index is 13.0. The summed E-state index contributed by atoms with van der Waals surface area (Å²) in [5.41, 5.74) is 11.2. The van der Waals surface area contributed by atoms with Gasteiger partial charge in [-0.3, -0.25) is 19.9 Å². The molecule has 14 nitrogen and oxygen atoms in total. The monoisotopic (exact) mass is 1490 g/mol. The molecular weight excluding hydrogens is 1360 g/mol. The molecule has 20 heteroatoms. The number of nitrogens with zero attached hydrogens (tertiary/aromatic N) is 12. The first-order valence-corrected chi connectivity index (χ1v) is 36.9. The summed E-state index contributed by atoms with van der Waals surface area (Å²) in [6.45, 7) is 62.4. The van der Waals surface area contributed by atoms with Crippen molar-refractivity contribution in [1.82, 2.24) is 49.8 Å². The highest BCUT2D eigenvalue weighted by Crippen LogP contribution is 2.31. The first kappa shape index (κ1) is 97.4. The average Bonchev–Trinajstić information content (AvgIpc) is 1.40. The van der Waals surface area contributed by atoms with Gasteiger partial charge in [0.1, 0.15) is 34.6 Å². The quantitative estimate of drug-likeness (QED) is 0.100. The van der Waals surface area contributed by atoms with Crippen LogP contribution in [0.1, 0.15) is 281 Å². The highest BCUT2D eigenvalue weighted by atomic mass is 19.3. The molecule has 0 unspecified atom stereocenters. The first-order valence-electron chi connectivity index (χ1n) is 36.9. The van der Waals surface area contributed by atoms with E-state index in [-0.39, 0.29) is 44.2 Å². The van der Waals surface area contributed by atoms with Gasteiger partial charge in [0.2, 0.25) is 11.8 Å². The molecule has 1 aliphatic heterocycles. The van der Waals surface area contributed by atoms with Crippen LogP contribution in [0.4, 0.5) is 26.3 Å². The van der Waals surface area contributed by atoms with E-state index >= 15 is 0 Å². The van der Waals surface area contributed by atoms with E-state index in [9.17, 15) is 26.3 Å². The number of hydrogen-bond donors (Lipinski definition) is 0. The van der Waals surface area contributed by atoms with E-state index in [1.165, 1.54) is 53.3 Å². The summed E-state index contributed by atoms with van der Waals surface area (Å²) in [4.78, 5) is 41.5. The van der Waals surface area contributed by atoms with Crippen LogP contribution < -0.4 is 9.47 Å². The standard InChI is InChI=1S/2C12H17F2N.C11H16F2N2.C11H18N2O2.2C11H17N.C10H16N2.C9H16N2/c1-11(2,3)7-9-5-6-10(15-8-9)12(4,13)14;1-11(2,3)8-9-6-5-7-10(15-9)12(4,13)14;1-10(2,3)7-9-14-6-5-8(15-9)11(4,12)13;1-11(2,3)7-8-12-9(14-4)6-10(13-8)15-5;1-9-6-5-7-12-10(9)8-11(2,3)4;1-9-6-5-7-10(12-9)8-11(2,3)4;1-8-6-11-9(12-7-8)5-10(2,3)4;1-7-5-8(11-10-7)6-9(2,3)4/h5-6,8H,7H2,1-4H3;5-7H,8H2,1-4H3;5-6H,7H2,1-4H3;6H,7H2,1-5H3;2*5-7H,8H2,1-4H3;6-7H,5H2,1-4H3;5-6H2,1-4H3. The molecule has 596 valence electrons. The maximum Gasteiger partial charge on any atom is 0.287 e. The Bertz CT molecular complexity index is 3690. The van der Waals surface area contributed by atoms with Crippen molar-refractivity contribution in [3.8, 4) is 11.8 Å². The second kappa shape index (κ2) is 41.8. The Morgan fingerprint density at radius 1 is 0.346 bits per heavy atom. The first-order chi connectivity index (χ1) is 48.4. The molecule has 0 aromatic carbocycles. The van der Waals surface area contributed by atoms with Crippen molar-refractivity contribution in [3.63, 3.8) is 0 Å². The summed E-state index contributed by atoms with van der Waals surface area (Å²) in [7, 11) is 3.17. The fourth-order valence-electron chi connectivity index (χ4n) is 9.85. The van der Waals surface area contributed by atoms with E-state index in [1.807, 2.05) is 72.3 Å². The maximum absolute atomic E-state index is 13.0. The highest BCUT2D eigenvalue weighted by molar-refractivity contribution is 6.06. The molecule has 0 saturated carbocycles. The molecule has 7 aromatic heterocycles. The van der Waals surface area contributed by atoms with Crippen molar-refractivity contribution >= 4 is 11.4 Å². The Kier molecular flexibility index (Phi) is 38.0. The number of aromatic nitrogens is 10. The molecule has 0 amide bonds. The summed E-state index contributed by atoms with van der Waals surface area (Å²) in [5, 5.41) is 8.11. The fourth-order valence-corrected chi connectivity index (χ4v) is 9.85. The van der Waals surface area contributed by atoms with Gasteiger partial charge in [-0.15, -0.1) is 0 Å². The number of methoxy groups -OCH3 is 2. The minimum absolute atomic E-state index is 0.00164. The van der Waals surface area contributed by atoms with Crippen LogP contribution in [0, 0.1) is 64.1 Å². The Morgan fingerprint density at radius 2 is 0.785 bits per heavy atom. The molecule has 0 atom stereocenters. The second-order valence-electron chi connectivity index (χ2n) is 37.7. The number of pyridine rings is 4. The Morgan fingerprint density at radius 3 is 1.19 bits per heavy atom. The van der Waals surface area contributed by atoms with E-state index in [4.69, 9.17) is 9.47 Å². The van der Waals surface area contributed by atoms with Crippen LogP contribution in [0.5, 0.6) is 11.8 Å². The van der Waals surface area contributed by atoms with E-state index in [0.717, 1.165) is 106 Å². The SMILES string of the molecule is CC(C)(C)Cc1ccc(C(C)(F)F)nc1.CC(C)(C)Cc1cccc(C(C)(F)F)n1.CC(C)(C)Cc1nccc(C(C)(F)F)n1.CC1=NN=C(CC(C)(C)C)C1.COc1cc(OC)nc(CC(C)(C)C)n1.Cc1cccc(CC(C)(C)C)n1.Cc1cccnc1CC(C)(C)C.Cc1cnc(CC(C)(C)C)nc1. The van der Waals surface area contributed by atoms with Crippen LogP contribution in [0.25, 0.3) is 0 Å². The summed E-state index contributed by atoms with van der Waals surface area (Å²) >= 11 is 0. The van der Waals surface area contributed by atoms with Crippen molar-refractivity contribution in [2.24, 2.45) is 53.5 Å². The lowest BCUT2D eigenvalue weighted by Crippen LogP contribution is -2.16. The highest BCUT2D eigenvalue weighted by Gasteiger charge is 2.29.